The van der Waals surface area contributed by atoms with Gasteiger partial charge in [-0.25, -0.2) is 4.57 Å². The van der Waals surface area contributed by atoms with Gasteiger partial charge >= 0.3 is 13.8 Å². The number of phosphoric acid groups is 1. The van der Waals surface area contributed by atoms with E-state index in [4.69, 9.17) is 14.9 Å². The molecule has 0 aliphatic heterocycles. The lowest BCUT2D eigenvalue weighted by Crippen LogP contribution is -2.27. The Kier molecular flexibility index (Phi) is 19.7. The molecule has 3 atom stereocenters. The minimum Gasteiger partial charge on any atom is -0.457 e. The minimum absolute atomic E-state index is 0.212. The van der Waals surface area contributed by atoms with E-state index in [-0.39, 0.29) is 6.42 Å². The number of hydrogen-bond donors (Lipinski definition) is 4. The summed E-state index contributed by atoms with van der Waals surface area (Å²) in [6.07, 6.45) is 12.1. The van der Waals surface area contributed by atoms with Gasteiger partial charge in [0.25, 0.3) is 0 Å². The van der Waals surface area contributed by atoms with Crippen LogP contribution in [0, 0.1) is 0 Å². The first-order valence-corrected chi connectivity index (χ1v) is 13.0. The van der Waals surface area contributed by atoms with Gasteiger partial charge in [0.1, 0.15) is 12.2 Å². The van der Waals surface area contributed by atoms with Crippen molar-refractivity contribution in [2.24, 2.45) is 0 Å². The molecule has 0 rings (SSSR count). The Labute approximate surface area is 186 Å². The van der Waals surface area contributed by atoms with Gasteiger partial charge < -0.3 is 24.9 Å². The molecule has 186 valence electrons. The van der Waals surface area contributed by atoms with E-state index < -0.39 is 52.4 Å². The third kappa shape index (κ3) is 19.8. The maximum Gasteiger partial charge on any atom is 0.472 e. The van der Waals surface area contributed by atoms with Crippen molar-refractivity contribution in [2.45, 2.75) is 103 Å². The molecule has 2 unspecified atom stereocenters. The van der Waals surface area contributed by atoms with Crippen molar-refractivity contribution < 1.29 is 43.4 Å². The van der Waals surface area contributed by atoms with E-state index in [9.17, 15) is 19.4 Å². The summed E-state index contributed by atoms with van der Waals surface area (Å²) in [5.74, 6) is -0.501. The lowest BCUT2D eigenvalue weighted by atomic mass is 10.0. The van der Waals surface area contributed by atoms with Crippen LogP contribution in [0.1, 0.15) is 90.4 Å². The molecule has 0 aromatic rings. The second kappa shape index (κ2) is 20.1. The zero-order chi connectivity index (χ0) is 23.4. The predicted octanol–water partition coefficient (Wildman–Crippen LogP) is 3.47. The van der Waals surface area contributed by atoms with Crippen molar-refractivity contribution in [1.29, 1.82) is 0 Å². The highest BCUT2D eigenvalue weighted by Gasteiger charge is 2.25. The van der Waals surface area contributed by atoms with Gasteiger partial charge in [-0.1, -0.05) is 77.6 Å². The third-order valence-corrected chi connectivity index (χ3v) is 5.75. The van der Waals surface area contributed by atoms with Crippen molar-refractivity contribution >= 4 is 13.8 Å². The van der Waals surface area contributed by atoms with Gasteiger partial charge in [0.15, 0.2) is 0 Å². The van der Waals surface area contributed by atoms with Crippen LogP contribution in [0.25, 0.3) is 0 Å². The molecule has 31 heavy (non-hydrogen) atoms. The van der Waals surface area contributed by atoms with E-state index >= 15 is 0 Å². The minimum atomic E-state index is -4.49. The van der Waals surface area contributed by atoms with Crippen LogP contribution in [0.5, 0.6) is 0 Å². The quantitative estimate of drug-likeness (QED) is 0.106. The zero-order valence-electron chi connectivity index (χ0n) is 19.0. The molecule has 0 aromatic carbocycles. The second-order valence-electron chi connectivity index (χ2n) is 7.83. The average molecular weight is 471 g/mol. The summed E-state index contributed by atoms with van der Waals surface area (Å²) in [6, 6.07) is 0. The van der Waals surface area contributed by atoms with Gasteiger partial charge in [0.2, 0.25) is 0 Å². The third-order valence-electron chi connectivity index (χ3n) is 4.80. The summed E-state index contributed by atoms with van der Waals surface area (Å²) in [4.78, 5) is 21.3. The smallest absolute Gasteiger partial charge is 0.457 e. The van der Waals surface area contributed by atoms with Gasteiger partial charge in [0.05, 0.1) is 26.4 Å². The first-order chi connectivity index (χ1) is 14.8. The highest BCUT2D eigenvalue weighted by Crippen LogP contribution is 2.43. The monoisotopic (exact) mass is 470 g/mol. The number of rotatable bonds is 22. The molecule has 0 aliphatic carbocycles. The van der Waals surface area contributed by atoms with Gasteiger partial charge in [-0.2, -0.15) is 0 Å². The van der Waals surface area contributed by atoms with Crippen molar-refractivity contribution in [3.63, 3.8) is 0 Å². The standard InChI is InChI=1S/C21H43O9P/c1-2-3-4-5-6-7-8-9-10-11-12-13-14-21(25)30-20(16-23)18-29-31(26,27)28-17-19(24)15-22/h19-20,22-24H,2-18H2,1H3,(H,26,27)/t19?,20-/m1/s1. The topological polar surface area (TPSA) is 143 Å². The average Bonchev–Trinajstić information content (AvgIpc) is 2.75. The van der Waals surface area contributed by atoms with Crippen LogP contribution in [0.4, 0.5) is 0 Å². The van der Waals surface area contributed by atoms with Crippen LogP contribution in [0.3, 0.4) is 0 Å². The van der Waals surface area contributed by atoms with Crippen molar-refractivity contribution in [2.75, 3.05) is 26.4 Å². The molecule has 10 heteroatoms. The Morgan fingerprint density at radius 3 is 1.77 bits per heavy atom. The molecular weight excluding hydrogens is 427 g/mol. The molecule has 9 nitrogen and oxygen atoms in total. The Morgan fingerprint density at radius 2 is 1.29 bits per heavy atom. The maximum absolute atomic E-state index is 11.9. The summed E-state index contributed by atoms with van der Waals surface area (Å²) in [7, 11) is -4.49. The molecule has 4 N–H and O–H groups in total. The number of carbonyl (C=O) groups excluding carboxylic acids is 1. The number of unbranched alkanes of at least 4 members (excludes halogenated alkanes) is 11. The van der Waals surface area contributed by atoms with E-state index in [1.807, 2.05) is 0 Å². The Balaban J connectivity index is 3.74. The van der Waals surface area contributed by atoms with E-state index in [1.54, 1.807) is 0 Å². The van der Waals surface area contributed by atoms with E-state index in [0.717, 1.165) is 19.3 Å². The second-order valence-corrected chi connectivity index (χ2v) is 9.28. The molecule has 0 heterocycles. The van der Waals surface area contributed by atoms with Crippen LogP contribution < -0.4 is 0 Å². The fraction of sp³-hybridized carbons (Fsp3) is 0.952. The van der Waals surface area contributed by atoms with E-state index in [2.05, 4.69) is 16.0 Å². The summed E-state index contributed by atoms with van der Waals surface area (Å²) in [5.41, 5.74) is 0. The summed E-state index contributed by atoms with van der Waals surface area (Å²) in [5, 5.41) is 27.0. The number of hydrogen-bond acceptors (Lipinski definition) is 8. The van der Waals surface area contributed by atoms with E-state index in [0.29, 0.717) is 6.42 Å². The van der Waals surface area contributed by atoms with Crippen LogP contribution in [-0.2, 0) is 23.1 Å². The first-order valence-electron chi connectivity index (χ1n) is 11.6. The fourth-order valence-electron chi connectivity index (χ4n) is 2.93. The van der Waals surface area contributed by atoms with E-state index in [1.165, 1.54) is 51.4 Å². The van der Waals surface area contributed by atoms with Crippen LogP contribution in [0.15, 0.2) is 0 Å². The fourth-order valence-corrected chi connectivity index (χ4v) is 3.72. The molecule has 0 amide bonds. The molecule has 0 saturated heterocycles. The van der Waals surface area contributed by atoms with Crippen molar-refractivity contribution in [1.82, 2.24) is 0 Å². The van der Waals surface area contributed by atoms with Gasteiger partial charge in [-0.05, 0) is 6.42 Å². The molecule has 0 spiro atoms. The number of aliphatic hydroxyl groups excluding tert-OH is 3. The molecule has 0 radical (unpaired) electrons. The predicted molar refractivity (Wildman–Crippen MR) is 117 cm³/mol. The number of esters is 1. The SMILES string of the molecule is CCCCCCCCCCCCCCC(=O)O[C@H](CO)COP(=O)(O)OCC(O)CO. The van der Waals surface area contributed by atoms with Gasteiger partial charge in [-0.15, -0.1) is 0 Å². The normalized spacial score (nSPS) is 15.4. The lowest BCUT2D eigenvalue weighted by molar-refractivity contribution is -0.153. The Bertz CT molecular complexity index is 476. The lowest BCUT2D eigenvalue weighted by Gasteiger charge is -2.18. The highest BCUT2D eigenvalue weighted by atomic mass is 31.2. The maximum atomic E-state index is 11.9. The molecule has 0 bridgehead atoms. The first kappa shape index (κ1) is 30.5. The molecule has 0 saturated carbocycles. The van der Waals surface area contributed by atoms with Crippen LogP contribution >= 0.6 is 7.82 Å². The van der Waals surface area contributed by atoms with Crippen LogP contribution in [0.2, 0.25) is 0 Å². The zero-order valence-corrected chi connectivity index (χ0v) is 19.8. The molecular formula is C21H43O9P. The van der Waals surface area contributed by atoms with Gasteiger partial charge in [-0.3, -0.25) is 13.8 Å². The number of ether oxygens (including phenoxy) is 1. The number of carbonyl (C=O) groups is 1. The highest BCUT2D eigenvalue weighted by molar-refractivity contribution is 7.47. The van der Waals surface area contributed by atoms with Gasteiger partial charge in [0, 0.05) is 6.42 Å². The summed E-state index contributed by atoms with van der Waals surface area (Å²) in [6.45, 7) is -0.0863. The summed E-state index contributed by atoms with van der Waals surface area (Å²) >= 11 is 0. The Hall–Kier alpha value is -0.540. The number of aliphatic hydroxyl groups is 3. The van der Waals surface area contributed by atoms with Crippen LogP contribution in [-0.4, -0.2) is 64.8 Å². The van der Waals surface area contributed by atoms with Crippen molar-refractivity contribution in [3.05, 3.63) is 0 Å². The Morgan fingerprint density at radius 1 is 0.806 bits per heavy atom. The largest absolute Gasteiger partial charge is 0.472 e. The molecule has 0 aromatic heterocycles. The molecule has 0 aliphatic rings. The molecule has 0 fully saturated rings. The van der Waals surface area contributed by atoms with Crippen molar-refractivity contribution in [3.8, 4) is 0 Å². The number of phosphoric ester groups is 1. The summed E-state index contributed by atoms with van der Waals surface area (Å²) < 4.78 is 25.8.